The number of aliphatic hydroxyl groups excluding tert-OH is 2. The highest BCUT2D eigenvalue weighted by molar-refractivity contribution is 5.23. The zero-order valence-corrected chi connectivity index (χ0v) is 9.44. The summed E-state index contributed by atoms with van der Waals surface area (Å²) in [7, 11) is 0. The van der Waals surface area contributed by atoms with E-state index in [1.807, 2.05) is 0 Å². The lowest BCUT2D eigenvalue weighted by Crippen LogP contribution is -2.33. The van der Waals surface area contributed by atoms with Crippen molar-refractivity contribution in [2.45, 2.75) is 18.4 Å². The zero-order valence-electron chi connectivity index (χ0n) is 9.44. The van der Waals surface area contributed by atoms with Crippen molar-refractivity contribution < 1.29 is 19.3 Å². The van der Waals surface area contributed by atoms with Crippen LogP contribution < -0.4 is 11.4 Å². The van der Waals surface area contributed by atoms with E-state index in [0.29, 0.717) is 0 Å². The number of anilines is 1. The smallest absolute Gasteiger partial charge is 0.351 e. The Balaban J connectivity index is 2.35. The van der Waals surface area contributed by atoms with Gasteiger partial charge in [0.1, 0.15) is 18.1 Å². The second kappa shape index (κ2) is 5.01. The van der Waals surface area contributed by atoms with Crippen molar-refractivity contribution in [3.8, 4) is 0 Å². The summed E-state index contributed by atoms with van der Waals surface area (Å²) in [6, 6.07) is 1.37. The van der Waals surface area contributed by atoms with Gasteiger partial charge in [-0.05, 0) is 6.07 Å². The number of rotatable bonds is 3. The quantitative estimate of drug-likeness (QED) is 0.619. The summed E-state index contributed by atoms with van der Waals surface area (Å²) >= 11 is 0. The van der Waals surface area contributed by atoms with Crippen LogP contribution >= 0.6 is 0 Å². The van der Waals surface area contributed by atoms with Crippen molar-refractivity contribution in [3.05, 3.63) is 22.7 Å². The average molecular weight is 259 g/mol. The molecule has 2 heterocycles. The molecule has 0 bridgehead atoms. The van der Waals surface area contributed by atoms with Gasteiger partial charge in [0.15, 0.2) is 0 Å². The van der Waals surface area contributed by atoms with Crippen molar-refractivity contribution in [2.75, 3.05) is 19.0 Å². The molecule has 1 aliphatic heterocycles. The van der Waals surface area contributed by atoms with Gasteiger partial charge in [-0.2, -0.15) is 4.98 Å². The van der Waals surface area contributed by atoms with Gasteiger partial charge in [-0.15, -0.1) is 0 Å². The summed E-state index contributed by atoms with van der Waals surface area (Å²) in [5, 5.41) is 18.7. The van der Waals surface area contributed by atoms with E-state index >= 15 is 0 Å². The minimum Gasteiger partial charge on any atom is -0.394 e. The summed E-state index contributed by atoms with van der Waals surface area (Å²) in [6.07, 6.45) is -1.76. The maximum absolute atomic E-state index is 12.9. The second-order valence-electron chi connectivity index (χ2n) is 4.10. The van der Waals surface area contributed by atoms with E-state index in [1.54, 1.807) is 0 Å². The van der Waals surface area contributed by atoms with Crippen molar-refractivity contribution in [3.63, 3.8) is 0 Å². The molecule has 4 atom stereocenters. The summed E-state index contributed by atoms with van der Waals surface area (Å²) < 4.78 is 19.3. The predicted octanol–water partition coefficient (Wildman–Crippen LogP) is -1.34. The van der Waals surface area contributed by atoms with E-state index in [4.69, 9.17) is 15.6 Å². The predicted molar refractivity (Wildman–Crippen MR) is 59.4 cm³/mol. The Morgan fingerprint density at radius 2 is 2.33 bits per heavy atom. The lowest BCUT2D eigenvalue weighted by atomic mass is 10.0. The van der Waals surface area contributed by atoms with Crippen LogP contribution in [-0.2, 0) is 4.74 Å². The number of halogens is 1. The lowest BCUT2D eigenvalue weighted by molar-refractivity contribution is -0.0485. The molecule has 1 aromatic heterocycles. The zero-order chi connectivity index (χ0) is 13.3. The molecule has 1 saturated heterocycles. The van der Waals surface area contributed by atoms with Gasteiger partial charge in [-0.3, -0.25) is 8.96 Å². The molecule has 100 valence electrons. The van der Waals surface area contributed by atoms with E-state index in [-0.39, 0.29) is 5.82 Å². The SMILES string of the molecule is Nc1ccn(C2OC(CO)C(O)C2CF)c(=O)n1. The fourth-order valence-corrected chi connectivity index (χ4v) is 2.01. The molecule has 0 spiro atoms. The van der Waals surface area contributed by atoms with Gasteiger partial charge in [0.05, 0.1) is 25.3 Å². The number of aromatic nitrogens is 2. The molecular weight excluding hydrogens is 245 g/mol. The van der Waals surface area contributed by atoms with Gasteiger partial charge in [-0.1, -0.05) is 0 Å². The Morgan fingerprint density at radius 3 is 2.89 bits per heavy atom. The van der Waals surface area contributed by atoms with E-state index < -0.39 is 43.3 Å². The lowest BCUT2D eigenvalue weighted by Gasteiger charge is -2.18. The van der Waals surface area contributed by atoms with Crippen LogP contribution in [0.5, 0.6) is 0 Å². The number of ether oxygens (including phenoxy) is 1. The number of hydrogen-bond acceptors (Lipinski definition) is 6. The average Bonchev–Trinajstić information content (AvgIpc) is 2.65. The van der Waals surface area contributed by atoms with Gasteiger partial charge in [0.25, 0.3) is 0 Å². The summed E-state index contributed by atoms with van der Waals surface area (Å²) in [5.41, 5.74) is 4.65. The molecule has 0 saturated carbocycles. The first kappa shape index (κ1) is 12.9. The molecule has 1 fully saturated rings. The number of nitrogens with two attached hydrogens (primary N) is 1. The third-order valence-electron chi connectivity index (χ3n) is 2.98. The molecule has 0 amide bonds. The molecule has 4 unspecified atom stereocenters. The minimum atomic E-state index is -1.17. The molecule has 2 rings (SSSR count). The van der Waals surface area contributed by atoms with Gasteiger partial charge in [-0.25, -0.2) is 4.79 Å². The Labute approximate surface area is 102 Å². The Bertz CT molecular complexity index is 480. The molecule has 0 radical (unpaired) electrons. The minimum absolute atomic E-state index is 0.0466. The van der Waals surface area contributed by atoms with Gasteiger partial charge in [0.2, 0.25) is 0 Å². The Hall–Kier alpha value is -1.51. The van der Waals surface area contributed by atoms with E-state index in [9.17, 15) is 14.3 Å². The van der Waals surface area contributed by atoms with E-state index in [0.717, 1.165) is 4.57 Å². The van der Waals surface area contributed by atoms with Crippen molar-refractivity contribution >= 4 is 5.82 Å². The molecule has 7 nitrogen and oxygen atoms in total. The van der Waals surface area contributed by atoms with Crippen LogP contribution in [0.15, 0.2) is 17.1 Å². The van der Waals surface area contributed by atoms with Crippen molar-refractivity contribution in [1.82, 2.24) is 9.55 Å². The number of aliphatic hydroxyl groups is 2. The first-order valence-electron chi connectivity index (χ1n) is 5.43. The number of alkyl halides is 1. The van der Waals surface area contributed by atoms with Crippen LogP contribution in [0.3, 0.4) is 0 Å². The van der Waals surface area contributed by atoms with Gasteiger partial charge in [0, 0.05) is 6.20 Å². The highest BCUT2D eigenvalue weighted by atomic mass is 19.1. The summed E-state index contributed by atoms with van der Waals surface area (Å²) in [6.45, 7) is -1.33. The van der Waals surface area contributed by atoms with Crippen LogP contribution in [0.2, 0.25) is 0 Å². The van der Waals surface area contributed by atoms with E-state index in [2.05, 4.69) is 4.98 Å². The molecule has 4 N–H and O–H groups in total. The molecule has 1 aliphatic rings. The van der Waals surface area contributed by atoms with Crippen LogP contribution in [-0.4, -0.2) is 45.3 Å². The van der Waals surface area contributed by atoms with Crippen molar-refractivity contribution in [1.29, 1.82) is 0 Å². The standard InChI is InChI=1S/C10H14FN3O4/c11-3-5-8(16)6(4-15)18-9(5)14-2-1-7(12)13-10(14)17/h1-2,5-6,8-9,15-16H,3-4H2,(H2,12,13,17). The third kappa shape index (κ3) is 2.09. The molecule has 0 aromatic carbocycles. The van der Waals surface area contributed by atoms with Crippen LogP contribution in [0.1, 0.15) is 6.23 Å². The molecule has 0 aliphatic carbocycles. The monoisotopic (exact) mass is 259 g/mol. The largest absolute Gasteiger partial charge is 0.394 e. The van der Waals surface area contributed by atoms with Crippen LogP contribution in [0.4, 0.5) is 10.2 Å². The Morgan fingerprint density at radius 1 is 1.61 bits per heavy atom. The number of nitrogen functional groups attached to an aromatic ring is 1. The van der Waals surface area contributed by atoms with Gasteiger partial charge >= 0.3 is 5.69 Å². The van der Waals surface area contributed by atoms with Crippen LogP contribution in [0.25, 0.3) is 0 Å². The maximum Gasteiger partial charge on any atom is 0.351 e. The number of hydrogen-bond donors (Lipinski definition) is 3. The first-order chi connectivity index (χ1) is 8.58. The second-order valence-corrected chi connectivity index (χ2v) is 4.10. The number of nitrogens with zero attached hydrogens (tertiary/aromatic N) is 2. The molecule has 8 heteroatoms. The molecular formula is C10H14FN3O4. The fourth-order valence-electron chi connectivity index (χ4n) is 2.01. The van der Waals surface area contributed by atoms with E-state index in [1.165, 1.54) is 12.3 Å². The highest BCUT2D eigenvalue weighted by Crippen LogP contribution is 2.34. The topological polar surface area (TPSA) is 111 Å². The first-order valence-corrected chi connectivity index (χ1v) is 5.43. The van der Waals surface area contributed by atoms with Crippen molar-refractivity contribution in [2.24, 2.45) is 5.92 Å². The molecule has 1 aromatic rings. The fraction of sp³-hybridized carbons (Fsp3) is 0.600. The maximum atomic E-state index is 12.9. The molecule has 18 heavy (non-hydrogen) atoms. The summed E-state index contributed by atoms with van der Waals surface area (Å²) in [5.74, 6) is -0.879. The summed E-state index contributed by atoms with van der Waals surface area (Å²) in [4.78, 5) is 15.1. The van der Waals surface area contributed by atoms with Gasteiger partial charge < -0.3 is 20.7 Å². The third-order valence-corrected chi connectivity index (χ3v) is 2.98. The van der Waals surface area contributed by atoms with Crippen LogP contribution in [0, 0.1) is 5.92 Å². The normalized spacial score (nSPS) is 31.7. The Kier molecular flexibility index (Phi) is 3.60. The highest BCUT2D eigenvalue weighted by Gasteiger charge is 2.44.